The smallest absolute Gasteiger partial charge is 0.247 e. The number of hydrogen-bond donors (Lipinski definition) is 1. The topological polar surface area (TPSA) is 72.4 Å². The maximum atomic E-state index is 13.6. The molecule has 5 aromatic rings. The highest BCUT2D eigenvalue weighted by atomic mass is 16.7. The minimum Gasteiger partial charge on any atom is -0.454 e. The number of imidazole rings is 1. The van der Waals surface area contributed by atoms with E-state index >= 15 is 0 Å². The van der Waals surface area contributed by atoms with Crippen LogP contribution in [0.4, 0.5) is 0 Å². The van der Waals surface area contributed by atoms with E-state index in [-0.39, 0.29) is 18.7 Å². The number of nitrogens with zero attached hydrogens (tertiary/aromatic N) is 3. The molecule has 4 heterocycles. The van der Waals surface area contributed by atoms with Gasteiger partial charge in [-0.15, -0.1) is 0 Å². The maximum Gasteiger partial charge on any atom is 0.247 e. The molecule has 0 saturated heterocycles. The zero-order valence-electron chi connectivity index (χ0n) is 20.0. The number of carbonyl (C=O) groups excluding carboxylic acids is 1. The molecule has 0 aliphatic carbocycles. The van der Waals surface area contributed by atoms with Crippen molar-refractivity contribution < 1.29 is 14.3 Å². The molecule has 2 aliphatic rings. The molecule has 0 spiro atoms. The van der Waals surface area contributed by atoms with E-state index in [0.29, 0.717) is 12.3 Å². The van der Waals surface area contributed by atoms with Crippen LogP contribution in [-0.2, 0) is 11.2 Å². The first-order valence-corrected chi connectivity index (χ1v) is 12.3. The normalized spacial score (nSPS) is 16.4. The quantitative estimate of drug-likeness (QED) is 0.350. The molecule has 2 aromatic heterocycles. The maximum absolute atomic E-state index is 13.6. The van der Waals surface area contributed by atoms with Crippen LogP contribution in [-0.4, -0.2) is 38.7 Å². The number of rotatable bonds is 4. The number of fused-ring (bicyclic) bond motifs is 4. The number of carbonyl (C=O) groups is 1. The number of H-pyrrole nitrogens is 1. The molecule has 1 unspecified atom stereocenters. The fraction of sp³-hybridized carbons (Fsp3) is 0.133. The number of aromatic amines is 1. The average Bonchev–Trinajstić information content (AvgIpc) is 3.71. The monoisotopic (exact) mass is 488 g/mol. The molecule has 0 radical (unpaired) electrons. The Morgan fingerprint density at radius 3 is 2.76 bits per heavy atom. The van der Waals surface area contributed by atoms with Crippen molar-refractivity contribution in [2.24, 2.45) is 0 Å². The van der Waals surface area contributed by atoms with Crippen molar-refractivity contribution in [2.45, 2.75) is 12.5 Å². The summed E-state index contributed by atoms with van der Waals surface area (Å²) in [6, 6.07) is 22.0. The van der Waals surface area contributed by atoms with Gasteiger partial charge in [-0.05, 0) is 59.5 Å². The van der Waals surface area contributed by atoms with Crippen LogP contribution in [0.3, 0.4) is 0 Å². The van der Waals surface area contributed by atoms with E-state index in [1.807, 2.05) is 70.3 Å². The molecule has 1 atom stereocenters. The molecule has 0 bridgehead atoms. The second-order valence-electron chi connectivity index (χ2n) is 9.25. The van der Waals surface area contributed by atoms with Gasteiger partial charge in [-0.2, -0.15) is 0 Å². The molecule has 7 rings (SSSR count). The van der Waals surface area contributed by atoms with Gasteiger partial charge >= 0.3 is 0 Å². The molecule has 1 N–H and O–H groups in total. The molecule has 0 saturated carbocycles. The lowest BCUT2D eigenvalue weighted by atomic mass is 9.92. The molecule has 3 aromatic carbocycles. The summed E-state index contributed by atoms with van der Waals surface area (Å²) in [5.41, 5.74) is 6.37. The Morgan fingerprint density at radius 1 is 1.03 bits per heavy atom. The van der Waals surface area contributed by atoms with Crippen molar-refractivity contribution in [3.8, 4) is 17.2 Å². The summed E-state index contributed by atoms with van der Waals surface area (Å²) in [6.07, 6.45) is 9.75. The molecule has 2 aliphatic heterocycles. The van der Waals surface area contributed by atoms with Crippen LogP contribution in [0.2, 0.25) is 0 Å². The van der Waals surface area contributed by atoms with Crippen molar-refractivity contribution in [3.05, 3.63) is 114 Å². The summed E-state index contributed by atoms with van der Waals surface area (Å²) in [5.74, 6) is 1.40. The molecular weight excluding hydrogens is 464 g/mol. The summed E-state index contributed by atoms with van der Waals surface area (Å²) in [5, 5.41) is 1.21. The van der Waals surface area contributed by atoms with Gasteiger partial charge in [0.25, 0.3) is 0 Å². The van der Waals surface area contributed by atoms with Crippen LogP contribution in [0, 0.1) is 0 Å². The van der Waals surface area contributed by atoms with Crippen LogP contribution in [0.1, 0.15) is 28.4 Å². The van der Waals surface area contributed by atoms with Crippen molar-refractivity contribution in [2.75, 3.05) is 13.3 Å². The SMILES string of the molecule is O=C(/C=C/c1ccc(-n2ccnc2)cc1)N1CCc2c([nH]c3ccccc23)C1c1ccc2c(c1)OCO2. The first-order valence-electron chi connectivity index (χ1n) is 12.3. The van der Waals surface area contributed by atoms with E-state index in [2.05, 4.69) is 28.2 Å². The van der Waals surface area contributed by atoms with Crippen LogP contribution >= 0.6 is 0 Å². The van der Waals surface area contributed by atoms with E-state index in [0.717, 1.165) is 40.2 Å². The molecule has 1 amide bonds. The summed E-state index contributed by atoms with van der Waals surface area (Å²) < 4.78 is 13.1. The number of para-hydroxylation sites is 1. The minimum absolute atomic E-state index is 0.0364. The van der Waals surface area contributed by atoms with E-state index in [4.69, 9.17) is 9.47 Å². The Balaban J connectivity index is 1.23. The van der Waals surface area contributed by atoms with Gasteiger partial charge in [-0.1, -0.05) is 36.4 Å². The Morgan fingerprint density at radius 2 is 1.89 bits per heavy atom. The highest BCUT2D eigenvalue weighted by Gasteiger charge is 2.34. The fourth-order valence-corrected chi connectivity index (χ4v) is 5.34. The number of amides is 1. The zero-order chi connectivity index (χ0) is 24.8. The van der Waals surface area contributed by atoms with Crippen LogP contribution in [0.15, 0.2) is 91.5 Å². The van der Waals surface area contributed by atoms with Gasteiger partial charge in [-0.25, -0.2) is 4.98 Å². The number of benzene rings is 3. The highest BCUT2D eigenvalue weighted by Crippen LogP contribution is 2.42. The van der Waals surface area contributed by atoms with Gasteiger partial charge in [0.15, 0.2) is 11.5 Å². The van der Waals surface area contributed by atoms with Crippen LogP contribution in [0.5, 0.6) is 11.5 Å². The average molecular weight is 489 g/mol. The lowest BCUT2D eigenvalue weighted by Crippen LogP contribution is -2.39. The van der Waals surface area contributed by atoms with Gasteiger partial charge in [0.05, 0.1) is 12.4 Å². The first kappa shape index (κ1) is 21.5. The van der Waals surface area contributed by atoms with Crippen molar-refractivity contribution in [1.29, 1.82) is 0 Å². The van der Waals surface area contributed by atoms with E-state index in [1.54, 1.807) is 18.6 Å². The number of ether oxygens (including phenoxy) is 2. The van der Waals surface area contributed by atoms with Crippen molar-refractivity contribution >= 4 is 22.9 Å². The largest absolute Gasteiger partial charge is 0.454 e. The predicted octanol–water partition coefficient (Wildman–Crippen LogP) is 5.27. The van der Waals surface area contributed by atoms with Gasteiger partial charge in [0, 0.05) is 47.3 Å². The zero-order valence-corrected chi connectivity index (χ0v) is 20.0. The van der Waals surface area contributed by atoms with Crippen LogP contribution < -0.4 is 9.47 Å². The summed E-state index contributed by atoms with van der Waals surface area (Å²) in [4.78, 5) is 23.3. The molecule has 7 nitrogen and oxygen atoms in total. The van der Waals surface area contributed by atoms with Gasteiger partial charge < -0.3 is 23.9 Å². The lowest BCUT2D eigenvalue weighted by Gasteiger charge is -2.35. The third-order valence-electron chi connectivity index (χ3n) is 7.14. The van der Waals surface area contributed by atoms with E-state index < -0.39 is 0 Å². The van der Waals surface area contributed by atoms with E-state index in [9.17, 15) is 4.79 Å². The lowest BCUT2D eigenvalue weighted by molar-refractivity contribution is -0.128. The standard InChI is InChI=1S/C30H24N4O3/c35-28(12-7-20-5-9-22(10-6-20)33-16-14-31-18-33)34-15-13-24-23-3-1-2-4-25(23)32-29(24)30(34)21-8-11-26-27(17-21)37-19-36-26/h1-12,14,16-18,30,32H,13,15,19H2/b12-7+. The second-order valence-corrected chi connectivity index (χ2v) is 9.25. The molecule has 7 heteroatoms. The van der Waals surface area contributed by atoms with Gasteiger partial charge in [-0.3, -0.25) is 4.79 Å². The Labute approximate surface area is 213 Å². The minimum atomic E-state index is -0.258. The third-order valence-corrected chi connectivity index (χ3v) is 7.14. The third kappa shape index (κ3) is 3.76. The van der Waals surface area contributed by atoms with Gasteiger partial charge in [0.2, 0.25) is 12.7 Å². The summed E-state index contributed by atoms with van der Waals surface area (Å²) >= 11 is 0. The Bertz CT molecular complexity index is 1630. The second kappa shape index (κ2) is 8.71. The number of aromatic nitrogens is 3. The number of hydrogen-bond acceptors (Lipinski definition) is 4. The number of nitrogens with one attached hydrogen (secondary N) is 1. The van der Waals surface area contributed by atoms with Crippen molar-refractivity contribution in [1.82, 2.24) is 19.4 Å². The fourth-order valence-electron chi connectivity index (χ4n) is 5.34. The Kier molecular flexibility index (Phi) is 5.06. The Hall–Kier alpha value is -4.78. The molecule has 182 valence electrons. The molecule has 0 fully saturated rings. The summed E-state index contributed by atoms with van der Waals surface area (Å²) in [6.45, 7) is 0.836. The van der Waals surface area contributed by atoms with E-state index in [1.165, 1.54) is 10.9 Å². The van der Waals surface area contributed by atoms with Crippen molar-refractivity contribution in [3.63, 3.8) is 0 Å². The molecular formula is C30H24N4O3. The van der Waals surface area contributed by atoms with Crippen LogP contribution in [0.25, 0.3) is 22.7 Å². The molecule has 37 heavy (non-hydrogen) atoms. The predicted molar refractivity (Wildman–Crippen MR) is 141 cm³/mol. The highest BCUT2D eigenvalue weighted by molar-refractivity contribution is 5.93. The summed E-state index contributed by atoms with van der Waals surface area (Å²) in [7, 11) is 0. The first-order chi connectivity index (χ1) is 18.2. The van der Waals surface area contributed by atoms with Gasteiger partial charge in [0.1, 0.15) is 0 Å².